The molecule has 0 bridgehead atoms. The average molecular weight is 593 g/mol. The van der Waals surface area contributed by atoms with Crippen LogP contribution in [0.3, 0.4) is 0 Å². The van der Waals surface area contributed by atoms with E-state index in [-0.39, 0.29) is 12.8 Å². The first-order valence-electron chi connectivity index (χ1n) is 14.3. The molecule has 4 aromatic rings. The highest BCUT2D eigenvalue weighted by atomic mass is 16.5. The first kappa shape index (κ1) is 31.7. The second-order valence-corrected chi connectivity index (χ2v) is 10.3. The van der Waals surface area contributed by atoms with Crippen molar-refractivity contribution in [3.63, 3.8) is 0 Å². The van der Waals surface area contributed by atoms with E-state index in [0.717, 1.165) is 11.1 Å². The summed E-state index contributed by atoms with van der Waals surface area (Å²) in [5.74, 6) is -2.36. The van der Waals surface area contributed by atoms with Crippen LogP contribution in [0.2, 0.25) is 0 Å². The molecular weight excluding hydrogens is 556 g/mol. The minimum atomic E-state index is -1.18. The van der Waals surface area contributed by atoms with E-state index < -0.39 is 47.9 Å². The van der Waals surface area contributed by atoms with Gasteiger partial charge in [-0.15, -0.1) is 0 Å². The first-order chi connectivity index (χ1) is 21.4. The Hall–Kier alpha value is -5.28. The highest BCUT2D eigenvalue weighted by Crippen LogP contribution is 2.16. The molecule has 9 nitrogen and oxygen atoms in total. The van der Waals surface area contributed by atoms with Crippen LogP contribution in [0, 0.1) is 0 Å². The molecule has 0 unspecified atom stereocenters. The Labute approximate surface area is 256 Å². The SMILES string of the molecule is COC(=O)[C@H](Cc1ccccc1)NC(=O)[C@H](NC(=O)[C@H](Cc1ccccc1)NC(=O)[C@H](N)c1ccccc1)c1ccccc1. The van der Waals surface area contributed by atoms with Crippen molar-refractivity contribution in [2.45, 2.75) is 37.0 Å². The van der Waals surface area contributed by atoms with Gasteiger partial charge in [-0.05, 0) is 22.3 Å². The minimum Gasteiger partial charge on any atom is -0.467 e. The van der Waals surface area contributed by atoms with Gasteiger partial charge in [-0.1, -0.05) is 121 Å². The van der Waals surface area contributed by atoms with Crippen molar-refractivity contribution in [3.8, 4) is 0 Å². The molecule has 0 aliphatic heterocycles. The molecule has 4 atom stereocenters. The van der Waals surface area contributed by atoms with Crippen LogP contribution in [0.5, 0.6) is 0 Å². The summed E-state index contributed by atoms with van der Waals surface area (Å²) in [6, 6.07) is 31.7. The van der Waals surface area contributed by atoms with Gasteiger partial charge in [-0.2, -0.15) is 0 Å². The maximum Gasteiger partial charge on any atom is 0.328 e. The van der Waals surface area contributed by atoms with E-state index >= 15 is 0 Å². The van der Waals surface area contributed by atoms with Crippen LogP contribution in [-0.2, 0) is 36.8 Å². The molecule has 5 N–H and O–H groups in total. The third-order valence-electron chi connectivity index (χ3n) is 7.12. The van der Waals surface area contributed by atoms with Crippen LogP contribution in [0.15, 0.2) is 121 Å². The fraction of sp³-hybridized carbons (Fsp3) is 0.200. The van der Waals surface area contributed by atoms with Crippen molar-refractivity contribution in [1.29, 1.82) is 0 Å². The van der Waals surface area contributed by atoms with E-state index in [1.54, 1.807) is 54.6 Å². The van der Waals surface area contributed by atoms with E-state index in [1.807, 2.05) is 66.7 Å². The first-order valence-corrected chi connectivity index (χ1v) is 14.3. The summed E-state index contributed by atoms with van der Waals surface area (Å²) in [5, 5.41) is 8.34. The molecular formula is C35H36N4O5. The van der Waals surface area contributed by atoms with E-state index in [2.05, 4.69) is 16.0 Å². The van der Waals surface area contributed by atoms with E-state index in [0.29, 0.717) is 11.1 Å². The standard InChI is InChI=1S/C35H36N4O5/c1-44-35(43)29(23-25-16-8-3-9-17-25)38-34(42)31(27-20-12-5-13-21-27)39-32(40)28(22-24-14-6-2-7-15-24)37-33(41)30(36)26-18-10-4-11-19-26/h2-21,28-31H,22-23,36H2,1H3,(H,37,41)(H,38,42)(H,39,40)/t28-,29-,30+,31+/m0/s1. The number of methoxy groups -OCH3 is 1. The third-order valence-corrected chi connectivity index (χ3v) is 7.12. The van der Waals surface area contributed by atoms with Gasteiger partial charge in [-0.3, -0.25) is 14.4 Å². The Morgan fingerprint density at radius 2 is 1.00 bits per heavy atom. The summed E-state index contributed by atoms with van der Waals surface area (Å²) < 4.78 is 4.96. The van der Waals surface area contributed by atoms with Crippen LogP contribution in [0.1, 0.15) is 34.3 Å². The molecule has 0 saturated carbocycles. The summed E-state index contributed by atoms with van der Waals surface area (Å²) in [6.45, 7) is 0. The van der Waals surface area contributed by atoms with Gasteiger partial charge < -0.3 is 26.4 Å². The molecule has 9 heteroatoms. The predicted octanol–water partition coefficient (Wildman–Crippen LogP) is 3.17. The maximum absolute atomic E-state index is 13.9. The van der Waals surface area contributed by atoms with Crippen LogP contribution in [-0.4, -0.2) is 42.9 Å². The van der Waals surface area contributed by atoms with Crippen LogP contribution in [0.4, 0.5) is 0 Å². The number of hydrogen-bond acceptors (Lipinski definition) is 6. The summed E-state index contributed by atoms with van der Waals surface area (Å²) >= 11 is 0. The molecule has 4 rings (SSSR count). The lowest BCUT2D eigenvalue weighted by molar-refractivity contribution is -0.145. The maximum atomic E-state index is 13.9. The number of carbonyl (C=O) groups is 4. The van der Waals surface area contributed by atoms with Gasteiger partial charge in [-0.25, -0.2) is 4.79 Å². The number of nitrogens with one attached hydrogen (secondary N) is 3. The van der Waals surface area contributed by atoms with Gasteiger partial charge in [0.1, 0.15) is 24.2 Å². The van der Waals surface area contributed by atoms with Gasteiger partial charge in [0.15, 0.2) is 0 Å². The second kappa shape index (κ2) is 15.8. The second-order valence-electron chi connectivity index (χ2n) is 10.3. The Kier molecular flexibility index (Phi) is 11.4. The molecule has 0 heterocycles. The van der Waals surface area contributed by atoms with Crippen molar-refractivity contribution in [3.05, 3.63) is 144 Å². The summed E-state index contributed by atoms with van der Waals surface area (Å²) in [4.78, 5) is 53.5. The van der Waals surface area contributed by atoms with E-state index in [1.165, 1.54) is 7.11 Å². The van der Waals surface area contributed by atoms with Crippen molar-refractivity contribution >= 4 is 23.7 Å². The fourth-order valence-electron chi connectivity index (χ4n) is 4.76. The van der Waals surface area contributed by atoms with Crippen molar-refractivity contribution in [2.75, 3.05) is 7.11 Å². The molecule has 3 amide bonds. The molecule has 44 heavy (non-hydrogen) atoms. The highest BCUT2D eigenvalue weighted by Gasteiger charge is 2.32. The predicted molar refractivity (Wildman–Crippen MR) is 167 cm³/mol. The molecule has 0 spiro atoms. The van der Waals surface area contributed by atoms with E-state index in [9.17, 15) is 19.2 Å². The zero-order valence-corrected chi connectivity index (χ0v) is 24.4. The van der Waals surface area contributed by atoms with Gasteiger partial charge in [0, 0.05) is 12.8 Å². The van der Waals surface area contributed by atoms with Crippen LogP contribution < -0.4 is 21.7 Å². The molecule has 0 saturated heterocycles. The molecule has 0 radical (unpaired) electrons. The molecule has 0 aliphatic carbocycles. The summed E-state index contributed by atoms with van der Waals surface area (Å²) in [5.41, 5.74) is 8.94. The number of esters is 1. The number of benzene rings is 4. The quantitative estimate of drug-likeness (QED) is 0.176. The van der Waals surface area contributed by atoms with Crippen molar-refractivity contribution in [1.82, 2.24) is 16.0 Å². The zero-order chi connectivity index (χ0) is 31.3. The zero-order valence-electron chi connectivity index (χ0n) is 24.4. The Balaban J connectivity index is 1.58. The lowest BCUT2D eigenvalue weighted by Gasteiger charge is -2.26. The number of amides is 3. The number of carbonyl (C=O) groups excluding carboxylic acids is 4. The summed E-state index contributed by atoms with van der Waals surface area (Å²) in [7, 11) is 1.25. The largest absolute Gasteiger partial charge is 0.467 e. The number of ether oxygens (including phenoxy) is 1. The highest BCUT2D eigenvalue weighted by molar-refractivity contribution is 5.95. The molecule has 0 aromatic heterocycles. The van der Waals surface area contributed by atoms with Crippen LogP contribution in [0.25, 0.3) is 0 Å². The summed E-state index contributed by atoms with van der Waals surface area (Å²) in [6.07, 6.45) is 0.348. The number of rotatable bonds is 13. The van der Waals surface area contributed by atoms with Gasteiger partial charge >= 0.3 is 5.97 Å². The van der Waals surface area contributed by atoms with Crippen LogP contribution >= 0.6 is 0 Å². The lowest BCUT2D eigenvalue weighted by Crippen LogP contribution is -2.54. The molecule has 0 fully saturated rings. The Bertz CT molecular complexity index is 1520. The molecule has 4 aromatic carbocycles. The topological polar surface area (TPSA) is 140 Å². The van der Waals surface area contributed by atoms with E-state index in [4.69, 9.17) is 10.5 Å². The Morgan fingerprint density at radius 1 is 0.568 bits per heavy atom. The smallest absolute Gasteiger partial charge is 0.328 e. The normalized spacial score (nSPS) is 13.4. The number of hydrogen-bond donors (Lipinski definition) is 4. The minimum absolute atomic E-state index is 0.155. The number of nitrogens with two attached hydrogens (primary N) is 1. The van der Waals surface area contributed by atoms with Crippen molar-refractivity contribution in [2.24, 2.45) is 5.73 Å². The average Bonchev–Trinajstić information content (AvgIpc) is 3.07. The van der Waals surface area contributed by atoms with Gasteiger partial charge in [0.2, 0.25) is 17.7 Å². The molecule has 226 valence electrons. The van der Waals surface area contributed by atoms with Crippen molar-refractivity contribution < 1.29 is 23.9 Å². The monoisotopic (exact) mass is 592 g/mol. The fourth-order valence-corrected chi connectivity index (χ4v) is 4.76. The molecule has 0 aliphatic rings. The lowest BCUT2D eigenvalue weighted by atomic mass is 10.0. The Morgan fingerprint density at radius 3 is 1.50 bits per heavy atom. The third kappa shape index (κ3) is 8.86. The van der Waals surface area contributed by atoms with Gasteiger partial charge in [0.25, 0.3) is 0 Å². The van der Waals surface area contributed by atoms with Gasteiger partial charge in [0.05, 0.1) is 7.11 Å².